The number of fused-ring (bicyclic) bond motifs is 1. The monoisotopic (exact) mass is 274 g/mol. The second kappa shape index (κ2) is 4.37. The summed E-state index contributed by atoms with van der Waals surface area (Å²) in [6.07, 6.45) is 6.41. The first-order valence-electron chi connectivity index (χ1n) is 6.17. The minimum atomic E-state index is -0.245. The number of ether oxygens (including phenoxy) is 3. The summed E-state index contributed by atoms with van der Waals surface area (Å²) >= 11 is 6.59. The Labute approximate surface area is 112 Å². The molecule has 0 N–H and O–H groups in total. The maximum Gasteiger partial charge on any atom is 0.219 e. The molecule has 0 bridgehead atoms. The van der Waals surface area contributed by atoms with Crippen LogP contribution in [0.2, 0.25) is 0 Å². The van der Waals surface area contributed by atoms with Crippen molar-refractivity contribution in [2.75, 3.05) is 26.1 Å². The third-order valence-electron chi connectivity index (χ3n) is 4.38. The van der Waals surface area contributed by atoms with Gasteiger partial charge in [0, 0.05) is 18.3 Å². The maximum absolute atomic E-state index is 5.78. The molecule has 1 heterocycles. The van der Waals surface area contributed by atoms with Gasteiger partial charge >= 0.3 is 0 Å². The summed E-state index contributed by atoms with van der Waals surface area (Å²) in [6, 6.07) is 0. The summed E-state index contributed by atoms with van der Waals surface area (Å²) in [4.78, 5) is 0. The lowest BCUT2D eigenvalue weighted by molar-refractivity contribution is -0.185. The Morgan fingerprint density at radius 2 is 2.12 bits per heavy atom. The van der Waals surface area contributed by atoms with Gasteiger partial charge in [0.15, 0.2) is 5.79 Å². The van der Waals surface area contributed by atoms with Crippen molar-refractivity contribution >= 4 is 28.4 Å². The zero-order valence-corrected chi connectivity index (χ0v) is 11.7. The van der Waals surface area contributed by atoms with Gasteiger partial charge in [-0.1, -0.05) is 11.8 Å². The Morgan fingerprint density at radius 1 is 1.35 bits per heavy atom. The molecule has 1 spiro atoms. The van der Waals surface area contributed by atoms with Crippen molar-refractivity contribution in [1.29, 1.82) is 0 Å². The highest BCUT2D eigenvalue weighted by Crippen LogP contribution is 2.64. The van der Waals surface area contributed by atoms with Gasteiger partial charge in [0.2, 0.25) is 4.38 Å². The standard InChI is InChI=1S/C12H18O3S2/c1-17-10(16)13-8-11-2-3-12(7-9(11)6-11)14-4-5-15-12/h9H,2-8H2,1H3. The van der Waals surface area contributed by atoms with Gasteiger partial charge in [0.25, 0.3) is 0 Å². The third kappa shape index (κ3) is 2.23. The highest BCUT2D eigenvalue weighted by atomic mass is 32.2. The fourth-order valence-corrected chi connectivity index (χ4v) is 3.45. The molecule has 0 amide bonds. The van der Waals surface area contributed by atoms with E-state index >= 15 is 0 Å². The molecule has 2 saturated carbocycles. The summed E-state index contributed by atoms with van der Waals surface area (Å²) < 4.78 is 17.9. The zero-order valence-electron chi connectivity index (χ0n) is 10.1. The van der Waals surface area contributed by atoms with Gasteiger partial charge in [0.1, 0.15) is 0 Å². The molecule has 3 aliphatic rings. The molecule has 5 heteroatoms. The number of rotatable bonds is 2. The van der Waals surface area contributed by atoms with Crippen LogP contribution >= 0.6 is 24.0 Å². The molecule has 1 aliphatic heterocycles. The number of hydrogen-bond donors (Lipinski definition) is 0. The van der Waals surface area contributed by atoms with Crippen molar-refractivity contribution < 1.29 is 14.2 Å². The second-order valence-electron chi connectivity index (χ2n) is 5.32. The smallest absolute Gasteiger partial charge is 0.219 e. The Balaban J connectivity index is 1.55. The Hall–Kier alpha value is 0.160. The van der Waals surface area contributed by atoms with Crippen molar-refractivity contribution in [2.45, 2.75) is 31.5 Å². The molecule has 3 fully saturated rings. The normalized spacial score (nSPS) is 37.8. The molecule has 0 aromatic carbocycles. The van der Waals surface area contributed by atoms with E-state index < -0.39 is 0 Å². The fraction of sp³-hybridized carbons (Fsp3) is 0.917. The Bertz CT molecular complexity index is 328. The van der Waals surface area contributed by atoms with E-state index in [1.807, 2.05) is 6.26 Å². The van der Waals surface area contributed by atoms with Crippen LogP contribution in [-0.2, 0) is 14.2 Å². The van der Waals surface area contributed by atoms with Crippen molar-refractivity contribution in [3.05, 3.63) is 0 Å². The van der Waals surface area contributed by atoms with Crippen LogP contribution in [0.25, 0.3) is 0 Å². The van der Waals surface area contributed by atoms with Gasteiger partial charge in [-0.15, -0.1) is 0 Å². The quantitative estimate of drug-likeness (QED) is 0.722. The molecule has 2 unspecified atom stereocenters. The summed E-state index contributed by atoms with van der Waals surface area (Å²) in [5.74, 6) is 0.462. The minimum absolute atomic E-state index is 0.245. The molecule has 2 atom stereocenters. The van der Waals surface area contributed by atoms with Crippen LogP contribution in [-0.4, -0.2) is 36.2 Å². The van der Waals surface area contributed by atoms with Crippen LogP contribution in [0.1, 0.15) is 25.7 Å². The predicted octanol–water partition coefficient (Wildman–Crippen LogP) is 2.58. The number of thioether (sulfide) groups is 1. The summed E-state index contributed by atoms with van der Waals surface area (Å²) in [5.41, 5.74) is 0.375. The van der Waals surface area contributed by atoms with E-state index in [-0.39, 0.29) is 5.79 Å². The van der Waals surface area contributed by atoms with E-state index in [0.29, 0.717) is 15.7 Å². The molecule has 17 heavy (non-hydrogen) atoms. The molecule has 3 rings (SSSR count). The molecule has 0 aromatic rings. The highest BCUT2D eigenvalue weighted by Gasteiger charge is 2.62. The second-order valence-corrected chi connectivity index (χ2v) is 6.73. The van der Waals surface area contributed by atoms with E-state index in [9.17, 15) is 0 Å². The van der Waals surface area contributed by atoms with E-state index in [2.05, 4.69) is 0 Å². The van der Waals surface area contributed by atoms with E-state index in [0.717, 1.165) is 39.1 Å². The molecule has 0 aromatic heterocycles. The lowest BCUT2D eigenvalue weighted by Crippen LogP contribution is -2.37. The molecule has 2 aliphatic carbocycles. The first-order chi connectivity index (χ1) is 8.18. The average molecular weight is 274 g/mol. The highest BCUT2D eigenvalue weighted by molar-refractivity contribution is 8.22. The lowest BCUT2D eigenvalue weighted by Gasteiger charge is -2.34. The van der Waals surface area contributed by atoms with Crippen LogP contribution in [0.5, 0.6) is 0 Å². The summed E-state index contributed by atoms with van der Waals surface area (Å²) in [6.45, 7) is 2.30. The van der Waals surface area contributed by atoms with Crippen LogP contribution in [0, 0.1) is 11.3 Å². The molecule has 1 saturated heterocycles. The van der Waals surface area contributed by atoms with Gasteiger partial charge in [-0.2, -0.15) is 0 Å². The Kier molecular flexibility index (Phi) is 3.14. The topological polar surface area (TPSA) is 27.7 Å². The van der Waals surface area contributed by atoms with Crippen LogP contribution in [0.3, 0.4) is 0 Å². The van der Waals surface area contributed by atoms with Crippen LogP contribution in [0.4, 0.5) is 0 Å². The van der Waals surface area contributed by atoms with Crippen molar-refractivity contribution in [2.24, 2.45) is 11.3 Å². The van der Waals surface area contributed by atoms with Gasteiger partial charge in [-0.3, -0.25) is 0 Å². The third-order valence-corrected chi connectivity index (χ3v) is 5.45. The summed E-state index contributed by atoms with van der Waals surface area (Å²) in [7, 11) is 0. The van der Waals surface area contributed by atoms with Crippen LogP contribution in [0.15, 0.2) is 0 Å². The lowest BCUT2D eigenvalue weighted by atomic mass is 9.85. The van der Waals surface area contributed by atoms with Crippen molar-refractivity contribution in [3.8, 4) is 0 Å². The molecule has 0 radical (unpaired) electrons. The maximum atomic E-state index is 5.78. The fourth-order valence-electron chi connectivity index (χ4n) is 3.21. The first kappa shape index (κ1) is 12.2. The molecule has 96 valence electrons. The van der Waals surface area contributed by atoms with Gasteiger partial charge in [-0.25, -0.2) is 0 Å². The van der Waals surface area contributed by atoms with E-state index in [1.165, 1.54) is 18.2 Å². The largest absolute Gasteiger partial charge is 0.478 e. The van der Waals surface area contributed by atoms with Crippen LogP contribution < -0.4 is 0 Å². The Morgan fingerprint density at radius 3 is 2.76 bits per heavy atom. The van der Waals surface area contributed by atoms with E-state index in [4.69, 9.17) is 26.4 Å². The molecular formula is C12H18O3S2. The average Bonchev–Trinajstić information content (AvgIpc) is 2.87. The number of hydrogen-bond acceptors (Lipinski definition) is 5. The van der Waals surface area contributed by atoms with Gasteiger partial charge in [-0.05, 0) is 37.2 Å². The molecular weight excluding hydrogens is 256 g/mol. The number of thiocarbonyl (C=S) groups is 1. The van der Waals surface area contributed by atoms with Crippen molar-refractivity contribution in [3.63, 3.8) is 0 Å². The molecule has 3 nitrogen and oxygen atoms in total. The van der Waals surface area contributed by atoms with Crippen molar-refractivity contribution in [1.82, 2.24) is 0 Å². The van der Waals surface area contributed by atoms with Gasteiger partial charge in [0.05, 0.1) is 19.8 Å². The summed E-state index contributed by atoms with van der Waals surface area (Å²) in [5, 5.41) is 0. The first-order valence-corrected chi connectivity index (χ1v) is 7.80. The van der Waals surface area contributed by atoms with E-state index in [1.54, 1.807) is 0 Å². The minimum Gasteiger partial charge on any atom is -0.478 e. The predicted molar refractivity (Wildman–Crippen MR) is 71.1 cm³/mol. The SMILES string of the molecule is CSC(=S)OCC12CCC3(CC1C2)OCCO3. The zero-order chi connectivity index (χ0) is 11.9. The van der Waals surface area contributed by atoms with Gasteiger partial charge < -0.3 is 14.2 Å².